The van der Waals surface area contributed by atoms with Crippen molar-refractivity contribution in [2.24, 2.45) is 5.73 Å². The van der Waals surface area contributed by atoms with Crippen molar-refractivity contribution < 1.29 is 4.39 Å². The maximum atomic E-state index is 13.8. The lowest BCUT2D eigenvalue weighted by Gasteiger charge is -2.14. The van der Waals surface area contributed by atoms with E-state index in [1.54, 1.807) is 12.1 Å². The summed E-state index contributed by atoms with van der Waals surface area (Å²) in [6, 6.07) is 10.3. The molecule has 2 rings (SSSR count). The Morgan fingerprint density at radius 2 is 2.00 bits per heavy atom. The predicted molar refractivity (Wildman–Crippen MR) is 80.9 cm³/mol. The van der Waals surface area contributed by atoms with Gasteiger partial charge in [0.25, 0.3) is 0 Å². The minimum atomic E-state index is -0.409. The number of nitrogens with two attached hydrogens (primary N) is 1. The molecule has 2 aromatic rings. The van der Waals surface area contributed by atoms with E-state index in [0.717, 1.165) is 11.1 Å². The molecule has 2 aromatic carbocycles. The number of rotatable bonds is 3. The summed E-state index contributed by atoms with van der Waals surface area (Å²) in [5.74, 6) is -0.301. The van der Waals surface area contributed by atoms with Gasteiger partial charge in [0.1, 0.15) is 5.82 Å². The van der Waals surface area contributed by atoms with Crippen molar-refractivity contribution in [3.63, 3.8) is 0 Å². The number of halogens is 3. The van der Waals surface area contributed by atoms with Gasteiger partial charge in [-0.15, -0.1) is 0 Å². The van der Waals surface area contributed by atoms with E-state index >= 15 is 0 Å². The third kappa shape index (κ3) is 3.56. The fourth-order valence-corrected chi connectivity index (χ4v) is 2.61. The Morgan fingerprint density at radius 3 is 2.63 bits per heavy atom. The third-order valence-electron chi connectivity index (χ3n) is 3.01. The highest BCUT2D eigenvalue weighted by atomic mass is 79.9. The normalized spacial score (nSPS) is 12.5. The SMILES string of the molecule is Cc1ccc(CC(N)c2ccc(Br)cc2F)c(Cl)c1. The molecular weight excluding hydrogens is 329 g/mol. The average molecular weight is 343 g/mol. The van der Waals surface area contributed by atoms with Gasteiger partial charge in [-0.25, -0.2) is 4.39 Å². The van der Waals surface area contributed by atoms with E-state index in [1.165, 1.54) is 6.07 Å². The average Bonchev–Trinajstić information content (AvgIpc) is 2.32. The van der Waals surface area contributed by atoms with Crippen LogP contribution in [0.1, 0.15) is 22.7 Å². The van der Waals surface area contributed by atoms with E-state index < -0.39 is 6.04 Å². The van der Waals surface area contributed by atoms with E-state index in [9.17, 15) is 4.39 Å². The second-order valence-electron chi connectivity index (χ2n) is 4.57. The van der Waals surface area contributed by atoms with Crippen LogP contribution in [0.5, 0.6) is 0 Å². The molecule has 100 valence electrons. The Morgan fingerprint density at radius 1 is 1.26 bits per heavy atom. The van der Waals surface area contributed by atoms with E-state index in [4.69, 9.17) is 17.3 Å². The molecule has 0 spiro atoms. The molecule has 0 aliphatic rings. The Bertz CT molecular complexity index is 601. The summed E-state index contributed by atoms with van der Waals surface area (Å²) >= 11 is 9.40. The van der Waals surface area contributed by atoms with Crippen molar-refractivity contribution in [1.29, 1.82) is 0 Å². The highest BCUT2D eigenvalue weighted by Crippen LogP contribution is 2.26. The zero-order valence-corrected chi connectivity index (χ0v) is 12.8. The van der Waals surface area contributed by atoms with Crippen LogP contribution in [0.15, 0.2) is 40.9 Å². The molecule has 0 bridgehead atoms. The van der Waals surface area contributed by atoms with Crippen LogP contribution in [0, 0.1) is 12.7 Å². The first-order valence-corrected chi connectivity index (χ1v) is 7.10. The van der Waals surface area contributed by atoms with Gasteiger partial charge in [0.05, 0.1) is 0 Å². The maximum absolute atomic E-state index is 13.8. The summed E-state index contributed by atoms with van der Waals surface area (Å²) in [6.45, 7) is 1.98. The Balaban J connectivity index is 2.23. The van der Waals surface area contributed by atoms with Gasteiger partial charge >= 0.3 is 0 Å². The van der Waals surface area contributed by atoms with Crippen LogP contribution in [-0.4, -0.2) is 0 Å². The van der Waals surface area contributed by atoms with Crippen LogP contribution in [0.4, 0.5) is 4.39 Å². The Hall–Kier alpha value is -0.900. The second-order valence-corrected chi connectivity index (χ2v) is 5.89. The van der Waals surface area contributed by atoms with Gasteiger partial charge < -0.3 is 5.73 Å². The topological polar surface area (TPSA) is 26.0 Å². The van der Waals surface area contributed by atoms with Crippen molar-refractivity contribution in [2.45, 2.75) is 19.4 Å². The quantitative estimate of drug-likeness (QED) is 0.852. The lowest BCUT2D eigenvalue weighted by atomic mass is 9.98. The highest BCUT2D eigenvalue weighted by molar-refractivity contribution is 9.10. The molecule has 1 unspecified atom stereocenters. The second kappa shape index (κ2) is 6.04. The van der Waals surface area contributed by atoms with Gasteiger partial charge in [0.2, 0.25) is 0 Å². The molecule has 0 aromatic heterocycles. The molecule has 0 amide bonds. The molecule has 0 heterocycles. The van der Waals surface area contributed by atoms with E-state index in [0.29, 0.717) is 21.5 Å². The minimum Gasteiger partial charge on any atom is -0.324 e. The van der Waals surface area contributed by atoms with Crippen LogP contribution in [0.25, 0.3) is 0 Å². The zero-order chi connectivity index (χ0) is 14.0. The Labute approximate surface area is 125 Å². The summed E-state index contributed by atoms with van der Waals surface area (Å²) < 4.78 is 14.5. The van der Waals surface area contributed by atoms with Crippen molar-refractivity contribution in [3.05, 3.63) is 68.4 Å². The molecule has 0 aliphatic heterocycles. The van der Waals surface area contributed by atoms with Gasteiger partial charge in [-0.2, -0.15) is 0 Å². The number of aryl methyl sites for hydroxylation is 1. The molecule has 1 nitrogen and oxygen atoms in total. The molecule has 0 fully saturated rings. The first kappa shape index (κ1) is 14.5. The number of hydrogen-bond donors (Lipinski definition) is 1. The number of hydrogen-bond acceptors (Lipinski definition) is 1. The molecule has 0 saturated carbocycles. The molecular formula is C15H14BrClFN. The summed E-state index contributed by atoms with van der Waals surface area (Å²) in [6.07, 6.45) is 0.512. The molecule has 19 heavy (non-hydrogen) atoms. The lowest BCUT2D eigenvalue weighted by molar-refractivity contribution is 0.579. The highest BCUT2D eigenvalue weighted by Gasteiger charge is 2.14. The number of benzene rings is 2. The molecule has 2 N–H and O–H groups in total. The molecule has 4 heteroatoms. The summed E-state index contributed by atoms with van der Waals surface area (Å²) in [7, 11) is 0. The first-order valence-electron chi connectivity index (χ1n) is 5.93. The third-order valence-corrected chi connectivity index (χ3v) is 3.86. The van der Waals surface area contributed by atoms with E-state index in [-0.39, 0.29) is 5.82 Å². The molecule has 0 saturated heterocycles. The van der Waals surface area contributed by atoms with Crippen molar-refractivity contribution in [1.82, 2.24) is 0 Å². The van der Waals surface area contributed by atoms with Crippen LogP contribution < -0.4 is 5.73 Å². The van der Waals surface area contributed by atoms with Crippen LogP contribution in [0.2, 0.25) is 5.02 Å². The Kier molecular flexibility index (Phi) is 4.61. The maximum Gasteiger partial charge on any atom is 0.129 e. The van der Waals surface area contributed by atoms with Gasteiger partial charge in [-0.1, -0.05) is 45.7 Å². The first-order chi connectivity index (χ1) is 8.97. The summed E-state index contributed by atoms with van der Waals surface area (Å²) in [5.41, 5.74) is 8.60. The molecule has 0 radical (unpaired) electrons. The van der Waals surface area contributed by atoms with Crippen molar-refractivity contribution in [2.75, 3.05) is 0 Å². The van der Waals surface area contributed by atoms with Crippen LogP contribution in [0.3, 0.4) is 0 Å². The van der Waals surface area contributed by atoms with Gasteiger partial charge in [0, 0.05) is 21.1 Å². The van der Waals surface area contributed by atoms with Gasteiger partial charge in [-0.3, -0.25) is 0 Å². The van der Waals surface area contributed by atoms with Crippen LogP contribution in [-0.2, 0) is 6.42 Å². The zero-order valence-electron chi connectivity index (χ0n) is 10.5. The molecule has 0 aliphatic carbocycles. The fourth-order valence-electron chi connectivity index (χ4n) is 1.97. The van der Waals surface area contributed by atoms with Gasteiger partial charge in [-0.05, 0) is 42.7 Å². The van der Waals surface area contributed by atoms with Gasteiger partial charge in [0.15, 0.2) is 0 Å². The van der Waals surface area contributed by atoms with Crippen molar-refractivity contribution in [3.8, 4) is 0 Å². The van der Waals surface area contributed by atoms with Crippen LogP contribution >= 0.6 is 27.5 Å². The summed E-state index contributed by atoms with van der Waals surface area (Å²) in [4.78, 5) is 0. The van der Waals surface area contributed by atoms with E-state index in [1.807, 2.05) is 25.1 Å². The fraction of sp³-hybridized carbons (Fsp3) is 0.200. The molecule has 1 atom stereocenters. The lowest BCUT2D eigenvalue weighted by Crippen LogP contribution is -2.15. The van der Waals surface area contributed by atoms with Crippen molar-refractivity contribution >= 4 is 27.5 Å². The summed E-state index contributed by atoms with van der Waals surface area (Å²) in [5, 5.41) is 0.674. The smallest absolute Gasteiger partial charge is 0.129 e. The standard InChI is InChI=1S/C15H14BrClFN/c1-9-2-3-10(13(17)6-9)7-15(19)12-5-4-11(16)8-14(12)18/h2-6,8,15H,7,19H2,1H3. The van der Waals surface area contributed by atoms with E-state index in [2.05, 4.69) is 15.9 Å². The largest absolute Gasteiger partial charge is 0.324 e. The minimum absolute atomic E-state index is 0.301. The monoisotopic (exact) mass is 341 g/mol. The predicted octanol–water partition coefficient (Wildman–Crippen LogP) is 4.79.